The molecule has 1 amide bonds. The van der Waals surface area contributed by atoms with Crippen LogP contribution in [0.4, 0.5) is 0 Å². The van der Waals surface area contributed by atoms with Gasteiger partial charge in [0, 0.05) is 12.5 Å². The summed E-state index contributed by atoms with van der Waals surface area (Å²) >= 11 is 0. The van der Waals surface area contributed by atoms with Crippen LogP contribution in [0.3, 0.4) is 0 Å². The fourth-order valence-corrected chi connectivity index (χ4v) is 2.80. The zero-order chi connectivity index (χ0) is 23.9. The first kappa shape index (κ1) is 28.2. The van der Waals surface area contributed by atoms with Gasteiger partial charge in [-0.05, 0) is 51.8 Å². The van der Waals surface area contributed by atoms with Crippen LogP contribution in [0, 0.1) is 0 Å². The molecule has 0 aliphatic carbocycles. The fourth-order valence-electron chi connectivity index (χ4n) is 2.80. The quantitative estimate of drug-likeness (QED) is 0.239. The SMILES string of the molecule is CC(C)OCCOCc1ccc(OCC(O)CN(C(=O)CCCON(O)O)C(C)C)cc1. The van der Waals surface area contributed by atoms with Crippen molar-refractivity contribution in [3.05, 3.63) is 29.8 Å². The first-order valence-corrected chi connectivity index (χ1v) is 10.9. The molecular formula is C22H38N2O8. The normalized spacial score (nSPS) is 12.6. The van der Waals surface area contributed by atoms with Crippen molar-refractivity contribution in [1.82, 2.24) is 10.3 Å². The number of carbonyl (C=O) groups excluding carboxylic acids is 1. The topological polar surface area (TPSA) is 121 Å². The summed E-state index contributed by atoms with van der Waals surface area (Å²) in [6.07, 6.45) is -0.192. The lowest BCUT2D eigenvalue weighted by Crippen LogP contribution is -2.43. The summed E-state index contributed by atoms with van der Waals surface area (Å²) in [5, 5.41) is 26.9. The molecule has 0 fully saturated rings. The first-order valence-electron chi connectivity index (χ1n) is 10.9. The number of benzene rings is 1. The van der Waals surface area contributed by atoms with Crippen molar-refractivity contribution in [2.24, 2.45) is 0 Å². The van der Waals surface area contributed by atoms with Crippen LogP contribution in [-0.4, -0.2) is 82.9 Å². The highest BCUT2D eigenvalue weighted by Gasteiger charge is 2.20. The van der Waals surface area contributed by atoms with E-state index in [1.807, 2.05) is 52.0 Å². The van der Waals surface area contributed by atoms with E-state index in [4.69, 9.17) is 24.6 Å². The predicted molar refractivity (Wildman–Crippen MR) is 116 cm³/mol. The van der Waals surface area contributed by atoms with E-state index in [9.17, 15) is 9.90 Å². The molecule has 0 spiro atoms. The second kappa shape index (κ2) is 15.9. The summed E-state index contributed by atoms with van der Waals surface area (Å²) in [4.78, 5) is 18.4. The molecule has 1 rings (SSSR count). The van der Waals surface area contributed by atoms with Gasteiger partial charge in [0.25, 0.3) is 0 Å². The number of ether oxygens (including phenoxy) is 3. The summed E-state index contributed by atoms with van der Waals surface area (Å²) in [6, 6.07) is 7.32. The number of aliphatic hydroxyl groups is 1. The van der Waals surface area contributed by atoms with Crippen LogP contribution in [0.1, 0.15) is 46.1 Å². The predicted octanol–water partition coefficient (Wildman–Crippen LogP) is 2.40. The minimum absolute atomic E-state index is 0.0108. The molecule has 0 saturated carbocycles. The molecule has 0 saturated heterocycles. The Balaban J connectivity index is 2.36. The summed E-state index contributed by atoms with van der Waals surface area (Å²) in [6.45, 7) is 9.43. The number of amides is 1. The molecule has 10 heteroatoms. The van der Waals surface area contributed by atoms with E-state index in [0.717, 1.165) is 5.56 Å². The van der Waals surface area contributed by atoms with E-state index >= 15 is 0 Å². The van der Waals surface area contributed by atoms with E-state index < -0.39 is 6.10 Å². The van der Waals surface area contributed by atoms with Gasteiger partial charge >= 0.3 is 0 Å². The third-order valence-corrected chi connectivity index (χ3v) is 4.41. The van der Waals surface area contributed by atoms with E-state index in [1.165, 1.54) is 0 Å². The summed E-state index contributed by atoms with van der Waals surface area (Å²) in [5.41, 5.74) is 1.01. The molecule has 3 N–H and O–H groups in total. The number of carbonyl (C=O) groups is 1. The Hall–Kier alpha value is -1.79. The number of hydrogen-bond donors (Lipinski definition) is 3. The van der Waals surface area contributed by atoms with Crippen LogP contribution in [0.2, 0.25) is 0 Å². The van der Waals surface area contributed by atoms with Crippen molar-refractivity contribution in [2.75, 3.05) is 33.0 Å². The van der Waals surface area contributed by atoms with Gasteiger partial charge in [0.2, 0.25) is 5.91 Å². The zero-order valence-corrected chi connectivity index (χ0v) is 19.5. The first-order chi connectivity index (χ1) is 15.2. The smallest absolute Gasteiger partial charge is 0.222 e. The molecule has 1 unspecified atom stereocenters. The lowest BCUT2D eigenvalue weighted by Gasteiger charge is -2.29. The van der Waals surface area contributed by atoms with Gasteiger partial charge < -0.3 is 24.2 Å². The fraction of sp³-hybridized carbons (Fsp3) is 0.682. The molecule has 1 aromatic rings. The highest BCUT2D eigenvalue weighted by atomic mass is 17.1. The summed E-state index contributed by atoms with van der Waals surface area (Å²) in [7, 11) is 0. The second-order valence-corrected chi connectivity index (χ2v) is 7.91. The highest BCUT2D eigenvalue weighted by Crippen LogP contribution is 2.14. The van der Waals surface area contributed by atoms with E-state index in [-0.39, 0.29) is 49.6 Å². The van der Waals surface area contributed by atoms with Gasteiger partial charge in [0.05, 0.1) is 44.5 Å². The summed E-state index contributed by atoms with van der Waals surface area (Å²) < 4.78 is 16.6. The van der Waals surface area contributed by atoms with Gasteiger partial charge in [0.1, 0.15) is 18.5 Å². The van der Waals surface area contributed by atoms with Crippen LogP contribution >= 0.6 is 0 Å². The van der Waals surface area contributed by atoms with E-state index in [2.05, 4.69) is 4.84 Å². The molecule has 0 bridgehead atoms. The van der Waals surface area contributed by atoms with Crippen molar-refractivity contribution in [3.8, 4) is 5.75 Å². The largest absolute Gasteiger partial charge is 0.491 e. The van der Waals surface area contributed by atoms with Crippen molar-refractivity contribution < 1.29 is 39.4 Å². The van der Waals surface area contributed by atoms with Crippen LogP contribution in [0.25, 0.3) is 0 Å². The van der Waals surface area contributed by atoms with Crippen LogP contribution in [-0.2, 0) is 25.7 Å². The van der Waals surface area contributed by atoms with Gasteiger partial charge in [-0.15, -0.1) is 0 Å². The Kier molecular flexibility index (Phi) is 14.1. The molecule has 0 heterocycles. The Morgan fingerprint density at radius 1 is 1.03 bits per heavy atom. The Labute approximate surface area is 190 Å². The van der Waals surface area contributed by atoms with Crippen molar-refractivity contribution >= 4 is 5.91 Å². The van der Waals surface area contributed by atoms with Gasteiger partial charge in [0.15, 0.2) is 0 Å². The molecule has 1 aromatic carbocycles. The number of hydrogen-bond acceptors (Lipinski definition) is 9. The molecule has 1 atom stereocenters. The van der Waals surface area contributed by atoms with Crippen LogP contribution < -0.4 is 4.74 Å². The maximum Gasteiger partial charge on any atom is 0.222 e. The second-order valence-electron chi connectivity index (χ2n) is 7.91. The number of nitrogens with zero attached hydrogens (tertiary/aromatic N) is 2. The molecule has 0 aliphatic rings. The maximum absolute atomic E-state index is 12.4. The molecule has 0 radical (unpaired) electrons. The highest BCUT2D eigenvalue weighted by molar-refractivity contribution is 5.76. The molecule has 0 aliphatic heterocycles. The van der Waals surface area contributed by atoms with Crippen LogP contribution in [0.15, 0.2) is 24.3 Å². The Bertz CT molecular complexity index is 625. The average molecular weight is 459 g/mol. The molecule has 10 nitrogen and oxygen atoms in total. The molecule has 0 aromatic heterocycles. The van der Waals surface area contributed by atoms with E-state index in [0.29, 0.717) is 32.0 Å². The minimum Gasteiger partial charge on any atom is -0.491 e. The van der Waals surface area contributed by atoms with Gasteiger partial charge in [-0.2, -0.15) is 0 Å². The lowest BCUT2D eigenvalue weighted by molar-refractivity contribution is -0.492. The van der Waals surface area contributed by atoms with Crippen molar-refractivity contribution in [2.45, 2.75) is 65.4 Å². The maximum atomic E-state index is 12.4. The summed E-state index contributed by atoms with van der Waals surface area (Å²) in [5.74, 6) is 0.460. The number of aliphatic hydroxyl groups excluding tert-OH is 1. The van der Waals surface area contributed by atoms with Gasteiger partial charge in [-0.1, -0.05) is 12.1 Å². The monoisotopic (exact) mass is 458 g/mol. The molecular weight excluding hydrogens is 420 g/mol. The van der Waals surface area contributed by atoms with E-state index in [1.54, 1.807) is 4.90 Å². The molecule has 32 heavy (non-hydrogen) atoms. The van der Waals surface area contributed by atoms with Crippen molar-refractivity contribution in [3.63, 3.8) is 0 Å². The third kappa shape index (κ3) is 12.9. The Morgan fingerprint density at radius 2 is 1.72 bits per heavy atom. The van der Waals surface area contributed by atoms with Gasteiger partial charge in [-0.3, -0.25) is 20.0 Å². The zero-order valence-electron chi connectivity index (χ0n) is 19.5. The Morgan fingerprint density at radius 3 is 2.31 bits per heavy atom. The number of rotatable bonds is 17. The lowest BCUT2D eigenvalue weighted by atomic mass is 10.2. The minimum atomic E-state index is -0.855. The standard InChI is InChI=1S/C22H38N2O8/c1-17(2)23(22(26)6-5-11-32-24(27)28)14-20(25)16-31-21-9-7-19(8-10-21)15-29-12-13-30-18(3)4/h7-10,17-18,20,25,27-28H,5-6,11-16H2,1-4H3. The van der Waals surface area contributed by atoms with Gasteiger partial charge in [-0.25, -0.2) is 0 Å². The average Bonchev–Trinajstić information content (AvgIpc) is 2.73. The van der Waals surface area contributed by atoms with Crippen LogP contribution in [0.5, 0.6) is 5.75 Å². The molecule has 184 valence electrons. The van der Waals surface area contributed by atoms with Crippen molar-refractivity contribution in [1.29, 1.82) is 0 Å². The third-order valence-electron chi connectivity index (χ3n) is 4.41.